The molecular formula is C23H30N2O6. The van der Waals surface area contributed by atoms with Gasteiger partial charge >= 0.3 is 0 Å². The molecule has 0 saturated heterocycles. The summed E-state index contributed by atoms with van der Waals surface area (Å²) in [6.45, 7) is 4.84. The Labute approximate surface area is 183 Å². The van der Waals surface area contributed by atoms with Gasteiger partial charge in [-0.1, -0.05) is 13.8 Å². The second-order valence-electron chi connectivity index (χ2n) is 7.04. The number of nitrogens with one attached hydrogen (secondary N) is 1. The van der Waals surface area contributed by atoms with E-state index in [-0.39, 0.29) is 5.91 Å². The molecule has 0 spiro atoms. The summed E-state index contributed by atoms with van der Waals surface area (Å²) in [5.41, 5.74) is 3.51. The maximum absolute atomic E-state index is 12.5. The zero-order valence-electron chi connectivity index (χ0n) is 18.9. The van der Waals surface area contributed by atoms with Crippen LogP contribution in [0.25, 0.3) is 0 Å². The van der Waals surface area contributed by atoms with Gasteiger partial charge in [0.05, 0.1) is 41.3 Å². The average molecular weight is 431 g/mol. The first-order valence-corrected chi connectivity index (χ1v) is 9.87. The standard InChI is InChI=1S/C23H30N2O6/c1-15(2)9-10-31-18-8-7-16(11-20(18)28-4)23(26)25-24-14-17-12-21(29-5)22(30-6)13-19(17)27-3/h7-8,11-15H,9-10H2,1-6H3,(H,25,26)/b24-14+. The van der Waals surface area contributed by atoms with Gasteiger partial charge in [0.2, 0.25) is 0 Å². The van der Waals surface area contributed by atoms with Crippen LogP contribution < -0.4 is 29.1 Å². The fourth-order valence-corrected chi connectivity index (χ4v) is 2.71. The van der Waals surface area contributed by atoms with Crippen molar-refractivity contribution in [1.82, 2.24) is 5.43 Å². The van der Waals surface area contributed by atoms with E-state index in [9.17, 15) is 4.79 Å². The highest BCUT2D eigenvalue weighted by atomic mass is 16.5. The molecule has 0 aliphatic rings. The molecule has 8 heteroatoms. The van der Waals surface area contributed by atoms with Gasteiger partial charge in [-0.2, -0.15) is 5.10 Å². The summed E-state index contributed by atoms with van der Waals surface area (Å²) in [5.74, 6) is 2.82. The van der Waals surface area contributed by atoms with Crippen molar-refractivity contribution in [3.63, 3.8) is 0 Å². The van der Waals surface area contributed by atoms with Crippen molar-refractivity contribution >= 4 is 12.1 Å². The molecule has 0 saturated carbocycles. The van der Waals surface area contributed by atoms with Crippen LogP contribution in [0.2, 0.25) is 0 Å². The molecule has 0 fully saturated rings. The molecule has 0 unspecified atom stereocenters. The minimum Gasteiger partial charge on any atom is -0.496 e. The zero-order valence-corrected chi connectivity index (χ0v) is 18.9. The third kappa shape index (κ3) is 6.53. The van der Waals surface area contributed by atoms with Gasteiger partial charge in [0, 0.05) is 17.2 Å². The highest BCUT2D eigenvalue weighted by Crippen LogP contribution is 2.33. The molecule has 0 aliphatic carbocycles. The van der Waals surface area contributed by atoms with Crippen LogP contribution in [0.5, 0.6) is 28.7 Å². The van der Waals surface area contributed by atoms with E-state index < -0.39 is 0 Å². The molecule has 168 valence electrons. The summed E-state index contributed by atoms with van der Waals surface area (Å²) in [4.78, 5) is 12.5. The van der Waals surface area contributed by atoms with E-state index in [2.05, 4.69) is 24.4 Å². The molecule has 2 aromatic rings. The summed E-state index contributed by atoms with van der Waals surface area (Å²) >= 11 is 0. The van der Waals surface area contributed by atoms with E-state index in [0.717, 1.165) is 6.42 Å². The van der Waals surface area contributed by atoms with Crippen molar-refractivity contribution in [2.45, 2.75) is 20.3 Å². The third-order valence-electron chi connectivity index (χ3n) is 4.48. The van der Waals surface area contributed by atoms with E-state index in [4.69, 9.17) is 23.7 Å². The second kappa shape index (κ2) is 11.7. The van der Waals surface area contributed by atoms with Crippen molar-refractivity contribution in [2.24, 2.45) is 11.0 Å². The van der Waals surface area contributed by atoms with Crippen molar-refractivity contribution < 1.29 is 28.5 Å². The Morgan fingerprint density at radius 3 is 2.13 bits per heavy atom. The number of ether oxygens (including phenoxy) is 5. The Morgan fingerprint density at radius 1 is 0.903 bits per heavy atom. The lowest BCUT2D eigenvalue weighted by molar-refractivity contribution is 0.0954. The Morgan fingerprint density at radius 2 is 1.52 bits per heavy atom. The number of methoxy groups -OCH3 is 4. The maximum Gasteiger partial charge on any atom is 0.271 e. The Kier molecular flexibility index (Phi) is 8.99. The summed E-state index contributed by atoms with van der Waals surface area (Å²) < 4.78 is 27.0. The minimum atomic E-state index is -0.386. The Bertz CT molecular complexity index is 911. The zero-order chi connectivity index (χ0) is 22.8. The molecule has 0 bridgehead atoms. The predicted octanol–water partition coefficient (Wildman–Crippen LogP) is 3.91. The quantitative estimate of drug-likeness (QED) is 0.430. The van der Waals surface area contributed by atoms with Gasteiger partial charge in [-0.3, -0.25) is 4.79 Å². The highest BCUT2D eigenvalue weighted by Gasteiger charge is 2.13. The van der Waals surface area contributed by atoms with E-state index in [1.54, 1.807) is 37.4 Å². The SMILES string of the molecule is COc1cc(OC)c(OC)cc1/C=N/NC(=O)c1ccc(OCCC(C)C)c(OC)c1. The lowest BCUT2D eigenvalue weighted by Crippen LogP contribution is -2.17. The molecule has 1 N–H and O–H groups in total. The Balaban J connectivity index is 2.11. The van der Waals surface area contributed by atoms with Gasteiger partial charge in [0.25, 0.3) is 5.91 Å². The van der Waals surface area contributed by atoms with Gasteiger partial charge in [-0.15, -0.1) is 0 Å². The number of benzene rings is 2. The molecule has 0 atom stereocenters. The van der Waals surface area contributed by atoms with E-state index in [1.807, 2.05) is 0 Å². The number of carbonyl (C=O) groups is 1. The maximum atomic E-state index is 12.5. The second-order valence-corrected chi connectivity index (χ2v) is 7.04. The third-order valence-corrected chi connectivity index (χ3v) is 4.48. The summed E-state index contributed by atoms with van der Waals surface area (Å²) in [7, 11) is 6.15. The lowest BCUT2D eigenvalue weighted by atomic mass is 10.1. The topological polar surface area (TPSA) is 87.6 Å². The summed E-state index contributed by atoms with van der Waals surface area (Å²) in [6.07, 6.45) is 2.40. The number of amides is 1. The molecule has 0 heterocycles. The van der Waals surface area contributed by atoms with E-state index in [1.165, 1.54) is 27.5 Å². The summed E-state index contributed by atoms with van der Waals surface area (Å²) in [5, 5.41) is 4.03. The van der Waals surface area contributed by atoms with Crippen LogP contribution in [-0.2, 0) is 0 Å². The molecule has 1 amide bonds. The monoisotopic (exact) mass is 430 g/mol. The average Bonchev–Trinajstić information content (AvgIpc) is 2.78. The van der Waals surface area contributed by atoms with Crippen molar-refractivity contribution in [2.75, 3.05) is 35.0 Å². The predicted molar refractivity (Wildman–Crippen MR) is 119 cm³/mol. The van der Waals surface area contributed by atoms with Crippen molar-refractivity contribution in [3.05, 3.63) is 41.5 Å². The molecule has 8 nitrogen and oxygen atoms in total. The molecule has 2 aromatic carbocycles. The van der Waals surface area contributed by atoms with E-state index in [0.29, 0.717) is 52.4 Å². The van der Waals surface area contributed by atoms with Crippen LogP contribution in [0.3, 0.4) is 0 Å². The number of rotatable bonds is 11. The van der Waals surface area contributed by atoms with Crippen LogP contribution in [0.4, 0.5) is 0 Å². The fourth-order valence-electron chi connectivity index (χ4n) is 2.71. The number of hydrogen-bond donors (Lipinski definition) is 1. The molecule has 31 heavy (non-hydrogen) atoms. The van der Waals surface area contributed by atoms with Crippen LogP contribution in [0.1, 0.15) is 36.2 Å². The van der Waals surface area contributed by atoms with Gasteiger partial charge in [-0.05, 0) is 36.6 Å². The molecule has 0 radical (unpaired) electrons. The Hall–Kier alpha value is -3.42. The molecule has 0 aromatic heterocycles. The number of hydrazone groups is 1. The molecule has 0 aliphatic heterocycles. The van der Waals surface area contributed by atoms with Gasteiger partial charge in [0.15, 0.2) is 23.0 Å². The molecule has 2 rings (SSSR count). The van der Waals surface area contributed by atoms with Crippen LogP contribution >= 0.6 is 0 Å². The smallest absolute Gasteiger partial charge is 0.271 e. The summed E-state index contributed by atoms with van der Waals surface area (Å²) in [6, 6.07) is 8.39. The minimum absolute atomic E-state index is 0.386. The first-order valence-electron chi connectivity index (χ1n) is 9.87. The highest BCUT2D eigenvalue weighted by molar-refractivity contribution is 5.95. The molecular weight excluding hydrogens is 400 g/mol. The van der Waals surface area contributed by atoms with Crippen molar-refractivity contribution in [3.8, 4) is 28.7 Å². The van der Waals surface area contributed by atoms with Gasteiger partial charge in [-0.25, -0.2) is 5.43 Å². The fraction of sp³-hybridized carbons (Fsp3) is 0.391. The number of nitrogens with zero attached hydrogens (tertiary/aromatic N) is 1. The van der Waals surface area contributed by atoms with Gasteiger partial charge < -0.3 is 23.7 Å². The largest absolute Gasteiger partial charge is 0.496 e. The van der Waals surface area contributed by atoms with Crippen LogP contribution in [0.15, 0.2) is 35.4 Å². The lowest BCUT2D eigenvalue weighted by Gasteiger charge is -2.13. The number of carbonyl (C=O) groups excluding carboxylic acids is 1. The van der Waals surface area contributed by atoms with Gasteiger partial charge in [0.1, 0.15) is 5.75 Å². The van der Waals surface area contributed by atoms with Crippen LogP contribution in [0, 0.1) is 5.92 Å². The normalized spacial score (nSPS) is 10.8. The van der Waals surface area contributed by atoms with Crippen molar-refractivity contribution in [1.29, 1.82) is 0 Å². The first-order chi connectivity index (χ1) is 14.9. The van der Waals surface area contributed by atoms with Crippen LogP contribution in [-0.4, -0.2) is 47.2 Å². The number of hydrogen-bond acceptors (Lipinski definition) is 7. The van der Waals surface area contributed by atoms with E-state index >= 15 is 0 Å². The first kappa shape index (κ1) is 23.9.